The van der Waals surface area contributed by atoms with Gasteiger partial charge in [-0.15, -0.1) is 11.3 Å². The number of ether oxygens (including phenoxy) is 1. The zero-order chi connectivity index (χ0) is 14.4. The highest BCUT2D eigenvalue weighted by atomic mass is 32.2. The predicted molar refractivity (Wildman–Crippen MR) is 81.0 cm³/mol. The monoisotopic (exact) mass is 316 g/mol. The lowest BCUT2D eigenvalue weighted by Crippen LogP contribution is -2.43. The molecule has 112 valence electrons. The molecule has 5 nitrogen and oxygen atoms in total. The summed E-state index contributed by atoms with van der Waals surface area (Å²) < 4.78 is 5.13. The van der Waals surface area contributed by atoms with Crippen molar-refractivity contribution in [2.45, 2.75) is 31.1 Å². The number of aryl methyl sites for hydroxylation is 1. The van der Waals surface area contributed by atoms with Crippen LogP contribution in [-0.4, -0.2) is 47.1 Å². The fourth-order valence-electron chi connectivity index (χ4n) is 1.90. The van der Waals surface area contributed by atoms with Gasteiger partial charge < -0.3 is 15.2 Å². The van der Waals surface area contributed by atoms with Crippen molar-refractivity contribution in [3.63, 3.8) is 0 Å². The van der Waals surface area contributed by atoms with Gasteiger partial charge in [-0.25, -0.2) is 4.98 Å². The van der Waals surface area contributed by atoms with Crippen LogP contribution in [0.15, 0.2) is 5.38 Å². The molecule has 0 radical (unpaired) electrons. The maximum Gasteiger partial charge on any atom is 0.220 e. The summed E-state index contributed by atoms with van der Waals surface area (Å²) in [5, 5.41) is 15.9. The molecule has 0 spiro atoms. The number of thioether (sulfide) groups is 1. The van der Waals surface area contributed by atoms with Gasteiger partial charge in [0.1, 0.15) is 5.60 Å². The molecule has 2 N–H and O–H groups in total. The number of aromatic nitrogens is 1. The molecule has 7 heteroatoms. The topological polar surface area (TPSA) is 71.5 Å². The summed E-state index contributed by atoms with van der Waals surface area (Å²) in [6.45, 7) is 3.14. The van der Waals surface area contributed by atoms with Gasteiger partial charge in [0.05, 0.1) is 17.3 Å². The third kappa shape index (κ3) is 5.05. The van der Waals surface area contributed by atoms with Gasteiger partial charge in [0, 0.05) is 42.9 Å². The van der Waals surface area contributed by atoms with Crippen LogP contribution in [0.5, 0.6) is 0 Å². The summed E-state index contributed by atoms with van der Waals surface area (Å²) in [6.07, 6.45) is 1.05. The van der Waals surface area contributed by atoms with Crippen molar-refractivity contribution in [1.29, 1.82) is 0 Å². The highest BCUT2D eigenvalue weighted by Crippen LogP contribution is 2.17. The molecule has 1 amide bonds. The number of carbonyl (C=O) groups is 1. The van der Waals surface area contributed by atoms with E-state index in [1.165, 1.54) is 0 Å². The van der Waals surface area contributed by atoms with E-state index in [1.54, 1.807) is 23.1 Å². The largest absolute Gasteiger partial charge is 0.386 e. The van der Waals surface area contributed by atoms with Crippen molar-refractivity contribution in [2.75, 3.05) is 25.5 Å². The molecule has 1 aliphatic heterocycles. The van der Waals surface area contributed by atoms with Crippen LogP contribution in [-0.2, 0) is 15.3 Å². The van der Waals surface area contributed by atoms with Gasteiger partial charge in [0.15, 0.2) is 0 Å². The Bertz CT molecular complexity index is 445. The number of nitrogens with zero attached hydrogens (tertiary/aromatic N) is 1. The maximum atomic E-state index is 11.7. The number of amides is 1. The second kappa shape index (κ2) is 7.40. The highest BCUT2D eigenvalue weighted by Gasteiger charge is 2.32. The molecule has 2 heterocycles. The molecule has 1 fully saturated rings. The van der Waals surface area contributed by atoms with E-state index < -0.39 is 5.60 Å². The Kier molecular flexibility index (Phi) is 5.83. The summed E-state index contributed by atoms with van der Waals surface area (Å²) >= 11 is 3.35. The first-order chi connectivity index (χ1) is 9.57. The molecule has 1 atom stereocenters. The first-order valence-electron chi connectivity index (χ1n) is 6.63. The average Bonchev–Trinajstić information content (AvgIpc) is 3.02. The van der Waals surface area contributed by atoms with E-state index in [0.717, 1.165) is 22.2 Å². The van der Waals surface area contributed by atoms with Crippen LogP contribution >= 0.6 is 23.1 Å². The molecule has 0 saturated carbocycles. The summed E-state index contributed by atoms with van der Waals surface area (Å²) in [7, 11) is 0. The standard InChI is InChI=1S/C13H20N2O3S2/c1-10-15-11(7-20-10)6-19-5-2-12(16)14-8-13(17)3-4-18-9-13/h7,17H,2-6,8-9H2,1H3,(H,14,16). The lowest BCUT2D eigenvalue weighted by molar-refractivity contribution is -0.121. The normalized spacial score (nSPS) is 22.1. The van der Waals surface area contributed by atoms with E-state index in [2.05, 4.69) is 15.7 Å². The van der Waals surface area contributed by atoms with Crippen molar-refractivity contribution in [3.8, 4) is 0 Å². The molecule has 20 heavy (non-hydrogen) atoms. The van der Waals surface area contributed by atoms with Gasteiger partial charge in [-0.3, -0.25) is 4.79 Å². The Labute approximate surface area is 127 Å². The fraction of sp³-hybridized carbons (Fsp3) is 0.692. The predicted octanol–water partition coefficient (Wildman–Crippen LogP) is 1.34. The smallest absolute Gasteiger partial charge is 0.220 e. The Morgan fingerprint density at radius 2 is 2.55 bits per heavy atom. The Hall–Kier alpha value is -0.630. The van der Waals surface area contributed by atoms with Crippen molar-refractivity contribution in [1.82, 2.24) is 10.3 Å². The Balaban J connectivity index is 1.56. The van der Waals surface area contributed by atoms with E-state index in [0.29, 0.717) is 26.1 Å². The molecular weight excluding hydrogens is 296 g/mol. The van der Waals surface area contributed by atoms with Crippen LogP contribution in [0, 0.1) is 6.92 Å². The number of hydrogen-bond acceptors (Lipinski definition) is 6. The van der Waals surface area contributed by atoms with Crippen LogP contribution in [0.3, 0.4) is 0 Å². The molecule has 1 saturated heterocycles. The number of thiazole rings is 1. The van der Waals surface area contributed by atoms with Crippen LogP contribution < -0.4 is 5.32 Å². The third-order valence-electron chi connectivity index (χ3n) is 3.09. The Morgan fingerprint density at radius 1 is 1.70 bits per heavy atom. The van der Waals surface area contributed by atoms with Gasteiger partial charge in [-0.2, -0.15) is 11.8 Å². The molecule has 0 bridgehead atoms. The molecule has 1 aromatic heterocycles. The summed E-state index contributed by atoms with van der Waals surface area (Å²) in [4.78, 5) is 16.0. The first kappa shape index (κ1) is 15.8. The number of rotatable bonds is 7. The van der Waals surface area contributed by atoms with Gasteiger partial charge in [0.25, 0.3) is 0 Å². The minimum atomic E-state index is -0.874. The van der Waals surface area contributed by atoms with E-state index in [9.17, 15) is 9.90 Å². The van der Waals surface area contributed by atoms with Crippen molar-refractivity contribution < 1.29 is 14.6 Å². The number of nitrogens with one attached hydrogen (secondary N) is 1. The lowest BCUT2D eigenvalue weighted by Gasteiger charge is -2.20. The third-order valence-corrected chi connectivity index (χ3v) is 4.90. The second-order valence-electron chi connectivity index (χ2n) is 4.96. The number of carbonyl (C=O) groups excluding carboxylic acids is 1. The van der Waals surface area contributed by atoms with E-state index >= 15 is 0 Å². The van der Waals surface area contributed by atoms with E-state index in [4.69, 9.17) is 4.74 Å². The van der Waals surface area contributed by atoms with Crippen LogP contribution in [0.25, 0.3) is 0 Å². The minimum Gasteiger partial charge on any atom is -0.386 e. The molecule has 1 unspecified atom stereocenters. The van der Waals surface area contributed by atoms with Gasteiger partial charge in [-0.05, 0) is 6.92 Å². The van der Waals surface area contributed by atoms with Crippen LogP contribution in [0.4, 0.5) is 0 Å². The average molecular weight is 316 g/mol. The molecule has 1 aliphatic rings. The molecule has 0 aromatic carbocycles. The number of hydrogen-bond donors (Lipinski definition) is 2. The summed E-state index contributed by atoms with van der Waals surface area (Å²) in [5.74, 6) is 1.58. The van der Waals surface area contributed by atoms with E-state index in [-0.39, 0.29) is 12.5 Å². The lowest BCUT2D eigenvalue weighted by atomic mass is 10.0. The highest BCUT2D eigenvalue weighted by molar-refractivity contribution is 7.98. The van der Waals surface area contributed by atoms with Gasteiger partial charge in [0.2, 0.25) is 5.91 Å². The quantitative estimate of drug-likeness (QED) is 0.743. The summed E-state index contributed by atoms with van der Waals surface area (Å²) in [5.41, 5.74) is 0.205. The Morgan fingerprint density at radius 3 is 3.20 bits per heavy atom. The van der Waals surface area contributed by atoms with E-state index in [1.807, 2.05) is 6.92 Å². The fourth-order valence-corrected chi connectivity index (χ4v) is 3.45. The van der Waals surface area contributed by atoms with Crippen molar-refractivity contribution >= 4 is 29.0 Å². The molecule has 2 rings (SSSR count). The summed E-state index contributed by atoms with van der Waals surface area (Å²) in [6, 6.07) is 0. The molecule has 1 aromatic rings. The molecular formula is C13H20N2O3S2. The minimum absolute atomic E-state index is 0.0210. The zero-order valence-corrected chi connectivity index (χ0v) is 13.2. The van der Waals surface area contributed by atoms with Crippen molar-refractivity contribution in [3.05, 3.63) is 16.1 Å². The maximum absolute atomic E-state index is 11.7. The number of aliphatic hydroxyl groups is 1. The molecule has 0 aliphatic carbocycles. The van der Waals surface area contributed by atoms with Crippen LogP contribution in [0.1, 0.15) is 23.5 Å². The SMILES string of the molecule is Cc1nc(CSCCC(=O)NCC2(O)CCOC2)cs1. The zero-order valence-electron chi connectivity index (χ0n) is 11.6. The van der Waals surface area contributed by atoms with Gasteiger partial charge in [-0.1, -0.05) is 0 Å². The van der Waals surface area contributed by atoms with Gasteiger partial charge >= 0.3 is 0 Å². The van der Waals surface area contributed by atoms with Crippen LogP contribution in [0.2, 0.25) is 0 Å². The van der Waals surface area contributed by atoms with Crippen molar-refractivity contribution in [2.24, 2.45) is 0 Å². The first-order valence-corrected chi connectivity index (χ1v) is 8.66. The second-order valence-corrected chi connectivity index (χ2v) is 7.13.